The van der Waals surface area contributed by atoms with E-state index in [-0.39, 0.29) is 5.91 Å². The van der Waals surface area contributed by atoms with Crippen molar-refractivity contribution in [1.29, 1.82) is 0 Å². The third-order valence-corrected chi connectivity index (χ3v) is 4.12. The van der Waals surface area contributed by atoms with Crippen molar-refractivity contribution in [2.45, 2.75) is 25.6 Å². The highest BCUT2D eigenvalue weighted by atomic mass is 16.7. The summed E-state index contributed by atoms with van der Waals surface area (Å²) in [5.74, 6) is -0.399. The number of piperidine rings is 1. The van der Waals surface area contributed by atoms with Gasteiger partial charge in [-0.05, 0) is 24.6 Å². The molecule has 0 atom stereocenters. The van der Waals surface area contributed by atoms with Crippen LogP contribution in [0.2, 0.25) is 0 Å². The van der Waals surface area contributed by atoms with Crippen LogP contribution < -0.4 is 5.73 Å². The molecule has 108 valence electrons. The van der Waals surface area contributed by atoms with Gasteiger partial charge in [0, 0.05) is 37.2 Å². The van der Waals surface area contributed by atoms with E-state index in [1.807, 2.05) is 24.0 Å². The number of nitrogen functional groups attached to an aromatic ring is 1. The first-order valence-corrected chi connectivity index (χ1v) is 7.03. The Morgan fingerprint density at radius 2 is 1.90 bits per heavy atom. The zero-order valence-electron chi connectivity index (χ0n) is 11.7. The highest BCUT2D eigenvalue weighted by Gasteiger charge is 2.40. The number of anilines is 1. The molecule has 20 heavy (non-hydrogen) atoms. The molecule has 2 N–H and O–H groups in total. The van der Waals surface area contributed by atoms with Gasteiger partial charge >= 0.3 is 0 Å². The van der Waals surface area contributed by atoms with Gasteiger partial charge in [-0.3, -0.25) is 4.79 Å². The van der Waals surface area contributed by atoms with Gasteiger partial charge in [0.15, 0.2) is 5.79 Å². The average Bonchev–Trinajstić information content (AvgIpc) is 2.90. The molecule has 3 rings (SSSR count). The number of aryl methyl sites for hydroxylation is 1. The van der Waals surface area contributed by atoms with E-state index in [4.69, 9.17) is 15.2 Å². The van der Waals surface area contributed by atoms with Crippen molar-refractivity contribution in [1.82, 2.24) is 4.90 Å². The van der Waals surface area contributed by atoms with Crippen molar-refractivity contribution in [3.8, 4) is 0 Å². The van der Waals surface area contributed by atoms with Crippen LogP contribution >= 0.6 is 0 Å². The molecule has 2 saturated heterocycles. The summed E-state index contributed by atoms with van der Waals surface area (Å²) in [6.45, 7) is 4.56. The van der Waals surface area contributed by atoms with Crippen LogP contribution in [0.15, 0.2) is 18.2 Å². The normalized spacial score (nSPS) is 21.4. The fourth-order valence-corrected chi connectivity index (χ4v) is 2.88. The highest BCUT2D eigenvalue weighted by Crippen LogP contribution is 2.32. The molecule has 2 aliphatic rings. The number of likely N-dealkylation sites (tertiary alicyclic amines) is 1. The number of carbonyl (C=O) groups excluding carboxylic acids is 1. The summed E-state index contributed by atoms with van der Waals surface area (Å²) in [7, 11) is 0. The number of carbonyl (C=O) groups is 1. The minimum atomic E-state index is -0.443. The van der Waals surface area contributed by atoms with Gasteiger partial charge in [-0.15, -0.1) is 0 Å². The van der Waals surface area contributed by atoms with E-state index in [1.54, 1.807) is 6.07 Å². The summed E-state index contributed by atoms with van der Waals surface area (Å²) < 4.78 is 11.4. The first-order chi connectivity index (χ1) is 9.60. The molecule has 1 aromatic carbocycles. The van der Waals surface area contributed by atoms with E-state index in [2.05, 4.69) is 0 Å². The number of nitrogens with two attached hydrogens (primary N) is 1. The molecule has 0 bridgehead atoms. The van der Waals surface area contributed by atoms with Gasteiger partial charge in [0.25, 0.3) is 5.91 Å². The van der Waals surface area contributed by atoms with Crippen LogP contribution in [0.25, 0.3) is 0 Å². The molecule has 2 fully saturated rings. The standard InChI is InChI=1S/C15H20N2O3/c1-11-2-3-12(16)10-13(11)14(18)17-6-4-15(5-7-17)19-8-9-20-15/h2-3,10H,4-9,16H2,1H3. The Balaban J connectivity index is 1.71. The maximum Gasteiger partial charge on any atom is 0.254 e. The summed E-state index contributed by atoms with van der Waals surface area (Å²) in [4.78, 5) is 14.4. The second kappa shape index (κ2) is 5.07. The van der Waals surface area contributed by atoms with Crippen LogP contribution in [0.1, 0.15) is 28.8 Å². The molecule has 0 saturated carbocycles. The van der Waals surface area contributed by atoms with Crippen LogP contribution in [0.4, 0.5) is 5.69 Å². The first kappa shape index (κ1) is 13.4. The van der Waals surface area contributed by atoms with Crippen molar-refractivity contribution in [3.05, 3.63) is 29.3 Å². The number of benzene rings is 1. The second-order valence-electron chi connectivity index (χ2n) is 5.47. The van der Waals surface area contributed by atoms with Crippen LogP contribution in [0.5, 0.6) is 0 Å². The Labute approximate surface area is 118 Å². The van der Waals surface area contributed by atoms with E-state index >= 15 is 0 Å². The Hall–Kier alpha value is -1.59. The zero-order chi connectivity index (χ0) is 14.2. The fourth-order valence-electron chi connectivity index (χ4n) is 2.88. The topological polar surface area (TPSA) is 64.8 Å². The molecule has 0 radical (unpaired) electrons. The number of hydrogen-bond donors (Lipinski definition) is 1. The quantitative estimate of drug-likeness (QED) is 0.791. The lowest BCUT2D eigenvalue weighted by atomic mass is 10.0. The van der Waals surface area contributed by atoms with Gasteiger partial charge in [0.1, 0.15) is 0 Å². The van der Waals surface area contributed by atoms with Gasteiger partial charge in [0.05, 0.1) is 13.2 Å². The van der Waals surface area contributed by atoms with E-state index in [1.165, 1.54) is 0 Å². The highest BCUT2D eigenvalue weighted by molar-refractivity contribution is 5.96. The van der Waals surface area contributed by atoms with Crippen molar-refractivity contribution in [2.24, 2.45) is 0 Å². The number of hydrogen-bond acceptors (Lipinski definition) is 4. The maximum absolute atomic E-state index is 12.6. The van der Waals surface area contributed by atoms with Gasteiger partial charge in [-0.25, -0.2) is 0 Å². The van der Waals surface area contributed by atoms with Crippen LogP contribution in [0.3, 0.4) is 0 Å². The summed E-state index contributed by atoms with van der Waals surface area (Å²) in [6, 6.07) is 5.46. The molecule has 0 aliphatic carbocycles. The van der Waals surface area contributed by atoms with E-state index in [0.29, 0.717) is 37.6 Å². The minimum Gasteiger partial charge on any atom is -0.399 e. The Bertz CT molecular complexity index is 514. The lowest BCUT2D eigenvalue weighted by molar-refractivity contribution is -0.181. The summed E-state index contributed by atoms with van der Waals surface area (Å²) >= 11 is 0. The predicted octanol–water partition coefficient (Wildman–Crippen LogP) is 1.56. The first-order valence-electron chi connectivity index (χ1n) is 7.03. The lowest BCUT2D eigenvalue weighted by Crippen LogP contribution is -2.47. The Morgan fingerprint density at radius 1 is 1.25 bits per heavy atom. The smallest absolute Gasteiger partial charge is 0.254 e. The van der Waals surface area contributed by atoms with Gasteiger partial charge < -0.3 is 20.1 Å². The van der Waals surface area contributed by atoms with E-state index < -0.39 is 5.79 Å². The molecule has 1 aromatic rings. The molecule has 2 heterocycles. The zero-order valence-corrected chi connectivity index (χ0v) is 11.7. The summed E-state index contributed by atoms with van der Waals surface area (Å²) in [6.07, 6.45) is 1.47. The summed E-state index contributed by atoms with van der Waals surface area (Å²) in [5, 5.41) is 0. The minimum absolute atomic E-state index is 0.0441. The second-order valence-corrected chi connectivity index (χ2v) is 5.47. The average molecular weight is 276 g/mol. The number of ether oxygens (including phenoxy) is 2. The van der Waals surface area contributed by atoms with Crippen molar-refractivity contribution in [2.75, 3.05) is 32.0 Å². The van der Waals surface area contributed by atoms with Gasteiger partial charge in [-0.2, -0.15) is 0 Å². The van der Waals surface area contributed by atoms with Crippen molar-refractivity contribution in [3.63, 3.8) is 0 Å². The molecule has 1 spiro atoms. The SMILES string of the molecule is Cc1ccc(N)cc1C(=O)N1CCC2(CC1)OCCO2. The molecule has 5 heteroatoms. The molecule has 0 aromatic heterocycles. The third kappa shape index (κ3) is 2.39. The van der Waals surface area contributed by atoms with Crippen LogP contribution in [0, 0.1) is 6.92 Å². The summed E-state index contributed by atoms with van der Waals surface area (Å²) in [5.41, 5.74) is 8.04. The molecule has 1 amide bonds. The Kier molecular flexibility index (Phi) is 3.40. The van der Waals surface area contributed by atoms with E-state index in [9.17, 15) is 4.79 Å². The molecular weight excluding hydrogens is 256 g/mol. The number of rotatable bonds is 1. The number of amides is 1. The number of nitrogens with zero attached hydrogens (tertiary/aromatic N) is 1. The molecular formula is C15H20N2O3. The van der Waals surface area contributed by atoms with Crippen LogP contribution in [-0.4, -0.2) is 42.9 Å². The molecule has 0 unspecified atom stereocenters. The maximum atomic E-state index is 12.6. The lowest BCUT2D eigenvalue weighted by Gasteiger charge is -2.37. The molecule has 5 nitrogen and oxygen atoms in total. The third-order valence-electron chi connectivity index (χ3n) is 4.12. The largest absolute Gasteiger partial charge is 0.399 e. The van der Waals surface area contributed by atoms with Gasteiger partial charge in [-0.1, -0.05) is 6.07 Å². The van der Waals surface area contributed by atoms with Crippen molar-refractivity contribution < 1.29 is 14.3 Å². The monoisotopic (exact) mass is 276 g/mol. The van der Waals surface area contributed by atoms with Crippen LogP contribution in [-0.2, 0) is 9.47 Å². The Morgan fingerprint density at radius 3 is 2.55 bits per heavy atom. The van der Waals surface area contributed by atoms with E-state index in [0.717, 1.165) is 18.4 Å². The van der Waals surface area contributed by atoms with Gasteiger partial charge in [0.2, 0.25) is 0 Å². The fraction of sp³-hybridized carbons (Fsp3) is 0.533. The molecule has 2 aliphatic heterocycles. The predicted molar refractivity (Wildman–Crippen MR) is 75.4 cm³/mol. The van der Waals surface area contributed by atoms with Crippen molar-refractivity contribution >= 4 is 11.6 Å².